The van der Waals surface area contributed by atoms with Crippen molar-refractivity contribution in [1.82, 2.24) is 24.5 Å². The smallest absolute Gasteiger partial charge is 0.243 e. The molecule has 3 N–H and O–H groups in total. The first-order valence-electron chi connectivity index (χ1n) is 9.83. The molecule has 0 radical (unpaired) electrons. The molecule has 1 saturated heterocycles. The molecule has 1 aliphatic heterocycles. The largest absolute Gasteiger partial charge is 0.351 e. The molecular formula is C20H20N8O2S. The van der Waals surface area contributed by atoms with Gasteiger partial charge in [-0.1, -0.05) is 6.07 Å². The zero-order valence-electron chi connectivity index (χ0n) is 16.6. The van der Waals surface area contributed by atoms with Crippen LogP contribution in [0, 0.1) is 30.1 Å². The Kier molecular flexibility index (Phi) is 4.60. The number of aryl methyl sites for hydroxylation is 1. The van der Waals surface area contributed by atoms with Gasteiger partial charge in [0.25, 0.3) is 0 Å². The van der Waals surface area contributed by atoms with Gasteiger partial charge in [0, 0.05) is 37.1 Å². The molecule has 3 aromatic rings. The Morgan fingerprint density at radius 2 is 2.00 bits per heavy atom. The maximum absolute atomic E-state index is 12.9. The highest BCUT2D eigenvalue weighted by atomic mass is 32.2. The normalized spacial score (nSPS) is 22.5. The number of rotatable bonds is 6. The van der Waals surface area contributed by atoms with Gasteiger partial charge in [-0.3, -0.25) is 5.10 Å². The summed E-state index contributed by atoms with van der Waals surface area (Å²) in [6, 6.07) is 11.9. The SMILES string of the molecule is Cc1cc(Nc2ccnc(NC3C4CN(S(=O)(=O)c5cccc(C#N)c5)CC43)n2)n[nH]1. The first-order valence-corrected chi connectivity index (χ1v) is 11.3. The van der Waals surface area contributed by atoms with Crippen LogP contribution in [0.2, 0.25) is 0 Å². The van der Waals surface area contributed by atoms with E-state index in [1.807, 2.05) is 19.1 Å². The fraction of sp³-hybridized carbons (Fsp3) is 0.300. The summed E-state index contributed by atoms with van der Waals surface area (Å²) >= 11 is 0. The molecule has 5 rings (SSSR count). The van der Waals surface area contributed by atoms with Crippen molar-refractivity contribution in [2.45, 2.75) is 17.9 Å². The van der Waals surface area contributed by atoms with E-state index >= 15 is 0 Å². The standard InChI is InChI=1S/C20H20N8O2S/c1-12-7-18(27-26-12)23-17-5-6-22-20(24-17)25-19-15-10-28(11-16(15)19)31(29,30)14-4-2-3-13(8-14)9-21/h2-8,15-16,19H,10-11H2,1H3,(H3,22,23,24,25,26,27). The van der Waals surface area contributed by atoms with Crippen LogP contribution in [-0.2, 0) is 10.0 Å². The van der Waals surface area contributed by atoms with Gasteiger partial charge >= 0.3 is 0 Å². The van der Waals surface area contributed by atoms with Crippen molar-refractivity contribution >= 4 is 27.6 Å². The number of H-pyrrole nitrogens is 1. The number of anilines is 3. The van der Waals surface area contributed by atoms with Crippen molar-refractivity contribution in [3.05, 3.63) is 53.9 Å². The summed E-state index contributed by atoms with van der Waals surface area (Å²) in [5, 5.41) is 22.5. The quantitative estimate of drug-likeness (QED) is 0.532. The second-order valence-corrected chi connectivity index (χ2v) is 9.72. The number of benzene rings is 1. The predicted molar refractivity (Wildman–Crippen MR) is 113 cm³/mol. The van der Waals surface area contributed by atoms with E-state index in [4.69, 9.17) is 5.26 Å². The van der Waals surface area contributed by atoms with E-state index in [1.54, 1.807) is 24.4 Å². The first-order chi connectivity index (χ1) is 14.9. The van der Waals surface area contributed by atoms with E-state index in [0.29, 0.717) is 36.2 Å². The zero-order chi connectivity index (χ0) is 21.6. The van der Waals surface area contributed by atoms with Crippen LogP contribution in [0.1, 0.15) is 11.3 Å². The molecule has 1 aromatic carbocycles. The van der Waals surface area contributed by atoms with Crippen molar-refractivity contribution in [3.8, 4) is 6.07 Å². The van der Waals surface area contributed by atoms with E-state index in [-0.39, 0.29) is 22.8 Å². The molecule has 0 amide bonds. The molecule has 0 spiro atoms. The number of nitrogens with zero attached hydrogens (tertiary/aromatic N) is 5. The fourth-order valence-corrected chi connectivity index (χ4v) is 5.59. The van der Waals surface area contributed by atoms with Gasteiger partial charge in [0.1, 0.15) is 5.82 Å². The lowest BCUT2D eigenvalue weighted by Crippen LogP contribution is -2.33. The third-order valence-corrected chi connectivity index (χ3v) is 7.50. The summed E-state index contributed by atoms with van der Waals surface area (Å²) in [5.41, 5.74) is 1.28. The summed E-state index contributed by atoms with van der Waals surface area (Å²) in [5.74, 6) is 2.21. The summed E-state index contributed by atoms with van der Waals surface area (Å²) < 4.78 is 27.3. The number of nitriles is 1. The maximum atomic E-state index is 12.9. The van der Waals surface area contributed by atoms with Gasteiger partial charge in [-0.15, -0.1) is 0 Å². The summed E-state index contributed by atoms with van der Waals surface area (Å²) in [7, 11) is -3.61. The van der Waals surface area contributed by atoms with Gasteiger partial charge in [-0.2, -0.15) is 19.6 Å². The number of aromatic amines is 1. The predicted octanol–water partition coefficient (Wildman–Crippen LogP) is 1.85. The maximum Gasteiger partial charge on any atom is 0.243 e. The molecule has 158 valence electrons. The van der Waals surface area contributed by atoms with Gasteiger partial charge in [-0.05, 0) is 43.0 Å². The Labute approximate surface area is 179 Å². The van der Waals surface area contributed by atoms with Crippen LogP contribution >= 0.6 is 0 Å². The van der Waals surface area contributed by atoms with Crippen LogP contribution in [0.15, 0.2) is 47.5 Å². The Balaban J connectivity index is 1.22. The van der Waals surface area contributed by atoms with Crippen LogP contribution in [-0.4, -0.2) is 52.0 Å². The molecular weight excluding hydrogens is 416 g/mol. The monoisotopic (exact) mass is 436 g/mol. The molecule has 3 heterocycles. The third-order valence-electron chi connectivity index (χ3n) is 5.67. The lowest BCUT2D eigenvalue weighted by Gasteiger charge is -2.20. The molecule has 2 atom stereocenters. The molecule has 10 nitrogen and oxygen atoms in total. The zero-order valence-corrected chi connectivity index (χ0v) is 17.5. The average molecular weight is 437 g/mol. The van der Waals surface area contributed by atoms with E-state index in [1.165, 1.54) is 16.4 Å². The van der Waals surface area contributed by atoms with Gasteiger partial charge < -0.3 is 10.6 Å². The Morgan fingerprint density at radius 1 is 1.19 bits per heavy atom. The average Bonchev–Trinajstić information content (AvgIpc) is 3.11. The van der Waals surface area contributed by atoms with Crippen molar-refractivity contribution in [2.24, 2.45) is 11.8 Å². The second-order valence-electron chi connectivity index (χ2n) is 7.79. The number of aromatic nitrogens is 4. The number of piperidine rings is 1. The molecule has 2 unspecified atom stereocenters. The minimum absolute atomic E-state index is 0.139. The summed E-state index contributed by atoms with van der Waals surface area (Å²) in [6.45, 7) is 2.79. The van der Waals surface area contributed by atoms with E-state index in [0.717, 1.165) is 5.69 Å². The van der Waals surface area contributed by atoms with Crippen LogP contribution in [0.4, 0.5) is 17.6 Å². The number of hydrogen-bond donors (Lipinski definition) is 3. The fourth-order valence-electron chi connectivity index (χ4n) is 4.03. The minimum Gasteiger partial charge on any atom is -0.351 e. The topological polar surface area (TPSA) is 140 Å². The van der Waals surface area contributed by atoms with E-state index in [9.17, 15) is 8.42 Å². The Bertz CT molecular complexity index is 1270. The Hall–Kier alpha value is -3.49. The Morgan fingerprint density at radius 3 is 2.71 bits per heavy atom. The molecule has 11 heteroatoms. The second kappa shape index (κ2) is 7.33. The first kappa shape index (κ1) is 19.5. The van der Waals surface area contributed by atoms with E-state index in [2.05, 4.69) is 30.8 Å². The summed E-state index contributed by atoms with van der Waals surface area (Å²) in [6.07, 6.45) is 1.66. The third kappa shape index (κ3) is 3.71. The lowest BCUT2D eigenvalue weighted by molar-refractivity contribution is 0.436. The molecule has 31 heavy (non-hydrogen) atoms. The molecule has 2 aromatic heterocycles. The van der Waals surface area contributed by atoms with Crippen molar-refractivity contribution in [2.75, 3.05) is 23.7 Å². The highest BCUT2D eigenvalue weighted by Crippen LogP contribution is 2.48. The molecule has 1 saturated carbocycles. The van der Waals surface area contributed by atoms with Gasteiger partial charge in [0.2, 0.25) is 16.0 Å². The van der Waals surface area contributed by atoms with Gasteiger partial charge in [0.05, 0.1) is 16.5 Å². The van der Waals surface area contributed by atoms with Crippen molar-refractivity contribution in [3.63, 3.8) is 0 Å². The number of hydrogen-bond acceptors (Lipinski definition) is 8. The number of nitrogens with one attached hydrogen (secondary N) is 3. The number of sulfonamides is 1. The number of fused-ring (bicyclic) bond motifs is 1. The minimum atomic E-state index is -3.61. The van der Waals surface area contributed by atoms with E-state index < -0.39 is 10.0 Å². The molecule has 1 aliphatic carbocycles. The molecule has 2 fully saturated rings. The molecule has 0 bridgehead atoms. The highest BCUT2D eigenvalue weighted by Gasteiger charge is 2.58. The lowest BCUT2D eigenvalue weighted by atomic mass is 10.2. The van der Waals surface area contributed by atoms with Crippen LogP contribution < -0.4 is 10.6 Å². The van der Waals surface area contributed by atoms with Gasteiger partial charge in [-0.25, -0.2) is 13.4 Å². The van der Waals surface area contributed by atoms with Gasteiger partial charge in [0.15, 0.2) is 5.82 Å². The summed E-state index contributed by atoms with van der Waals surface area (Å²) in [4.78, 5) is 8.90. The van der Waals surface area contributed by atoms with Crippen LogP contribution in [0.3, 0.4) is 0 Å². The van der Waals surface area contributed by atoms with Crippen molar-refractivity contribution < 1.29 is 8.42 Å². The molecule has 2 aliphatic rings. The van der Waals surface area contributed by atoms with Crippen molar-refractivity contribution in [1.29, 1.82) is 5.26 Å². The van der Waals surface area contributed by atoms with Crippen LogP contribution in [0.5, 0.6) is 0 Å². The highest BCUT2D eigenvalue weighted by molar-refractivity contribution is 7.89. The van der Waals surface area contributed by atoms with Crippen LogP contribution in [0.25, 0.3) is 0 Å².